The Kier molecular flexibility index (Phi) is 4.63. The van der Waals surface area contributed by atoms with E-state index < -0.39 is 0 Å². The van der Waals surface area contributed by atoms with Crippen molar-refractivity contribution in [2.75, 3.05) is 23.0 Å². The van der Waals surface area contributed by atoms with Gasteiger partial charge in [0.1, 0.15) is 0 Å². The molecule has 2 aromatic carbocycles. The average Bonchev–Trinajstić information content (AvgIpc) is 2.69. The average molecular weight is 360 g/mol. The number of nitrogens with one attached hydrogen (secondary N) is 1. The minimum absolute atomic E-state index is 0.614. The maximum absolute atomic E-state index is 4.85. The van der Waals surface area contributed by atoms with Crippen LogP contribution < -0.4 is 10.2 Å². The molecule has 2 heterocycles. The van der Waals surface area contributed by atoms with Gasteiger partial charge in [0, 0.05) is 24.2 Å². The maximum atomic E-state index is 4.85. The van der Waals surface area contributed by atoms with Crippen molar-refractivity contribution in [1.29, 1.82) is 0 Å². The van der Waals surface area contributed by atoms with Gasteiger partial charge in [-0.2, -0.15) is 4.98 Å². The van der Waals surface area contributed by atoms with E-state index in [0.717, 1.165) is 39.1 Å². The number of para-hydroxylation sites is 2. The molecular formula is C21H20N4S. The summed E-state index contributed by atoms with van der Waals surface area (Å²) in [7, 11) is 2.05. The van der Waals surface area contributed by atoms with E-state index in [1.807, 2.05) is 43.4 Å². The molecule has 1 N–H and O–H groups in total. The molecule has 0 amide bonds. The Labute approximate surface area is 158 Å². The Balaban J connectivity index is 1.78. The SMILES string of the molecule is Cc1ccccc1Nc1nc2c(c(N(C)c3ccccc3)n1)SCC=C2. The third kappa shape index (κ3) is 3.30. The molecule has 0 bridgehead atoms. The van der Waals surface area contributed by atoms with Crippen LogP contribution in [0.25, 0.3) is 6.08 Å². The van der Waals surface area contributed by atoms with Gasteiger partial charge in [-0.3, -0.25) is 0 Å². The highest BCUT2D eigenvalue weighted by Gasteiger charge is 2.19. The molecule has 26 heavy (non-hydrogen) atoms. The molecule has 0 aliphatic carbocycles. The van der Waals surface area contributed by atoms with Crippen molar-refractivity contribution in [1.82, 2.24) is 9.97 Å². The van der Waals surface area contributed by atoms with Crippen LogP contribution in [0.3, 0.4) is 0 Å². The Morgan fingerprint density at radius 3 is 2.58 bits per heavy atom. The minimum atomic E-state index is 0.614. The summed E-state index contributed by atoms with van der Waals surface area (Å²) in [6.07, 6.45) is 4.22. The highest BCUT2D eigenvalue weighted by Crippen LogP contribution is 2.38. The monoisotopic (exact) mass is 360 g/mol. The van der Waals surface area contributed by atoms with Gasteiger partial charge in [0.2, 0.25) is 5.95 Å². The van der Waals surface area contributed by atoms with Crippen molar-refractivity contribution in [2.45, 2.75) is 11.8 Å². The highest BCUT2D eigenvalue weighted by molar-refractivity contribution is 7.99. The van der Waals surface area contributed by atoms with Crippen molar-refractivity contribution in [2.24, 2.45) is 0 Å². The standard InChI is InChI=1S/C21H20N4S/c1-15-9-6-7-12-17(15)22-21-23-18-13-8-14-26-19(18)20(24-21)25(2)16-10-4-3-5-11-16/h3-13H,14H2,1-2H3,(H,22,23,24). The van der Waals surface area contributed by atoms with Gasteiger partial charge in [-0.25, -0.2) is 4.98 Å². The summed E-state index contributed by atoms with van der Waals surface area (Å²) in [4.78, 5) is 12.8. The van der Waals surface area contributed by atoms with E-state index >= 15 is 0 Å². The highest BCUT2D eigenvalue weighted by atomic mass is 32.2. The van der Waals surface area contributed by atoms with Crippen molar-refractivity contribution < 1.29 is 0 Å². The van der Waals surface area contributed by atoms with Crippen LogP contribution in [0.5, 0.6) is 0 Å². The van der Waals surface area contributed by atoms with Gasteiger partial charge in [-0.15, -0.1) is 11.8 Å². The molecule has 0 spiro atoms. The predicted molar refractivity (Wildman–Crippen MR) is 111 cm³/mol. The fraction of sp³-hybridized carbons (Fsp3) is 0.143. The number of aromatic nitrogens is 2. The van der Waals surface area contributed by atoms with Gasteiger partial charge >= 0.3 is 0 Å². The summed E-state index contributed by atoms with van der Waals surface area (Å²) in [5.41, 5.74) is 4.25. The topological polar surface area (TPSA) is 41.1 Å². The lowest BCUT2D eigenvalue weighted by Gasteiger charge is -2.24. The summed E-state index contributed by atoms with van der Waals surface area (Å²) in [5, 5.41) is 3.38. The normalized spacial score (nSPS) is 12.5. The molecule has 0 fully saturated rings. The van der Waals surface area contributed by atoms with Crippen molar-refractivity contribution >= 4 is 41.0 Å². The minimum Gasteiger partial charge on any atom is -0.328 e. The van der Waals surface area contributed by atoms with Gasteiger partial charge in [0.15, 0.2) is 5.82 Å². The molecular weight excluding hydrogens is 340 g/mol. The fourth-order valence-electron chi connectivity index (χ4n) is 2.89. The summed E-state index contributed by atoms with van der Waals surface area (Å²) >= 11 is 1.78. The lowest BCUT2D eigenvalue weighted by molar-refractivity contribution is 1.02. The van der Waals surface area contributed by atoms with E-state index in [1.165, 1.54) is 0 Å². The van der Waals surface area contributed by atoms with Crippen LogP contribution in [0.2, 0.25) is 0 Å². The number of nitrogens with zero attached hydrogens (tertiary/aromatic N) is 3. The maximum Gasteiger partial charge on any atom is 0.229 e. The third-order valence-electron chi connectivity index (χ3n) is 4.33. The van der Waals surface area contributed by atoms with Crippen LogP contribution in [0.1, 0.15) is 11.3 Å². The zero-order chi connectivity index (χ0) is 17.9. The molecule has 1 aromatic heterocycles. The number of thioether (sulfide) groups is 1. The molecule has 1 aliphatic rings. The quantitative estimate of drug-likeness (QED) is 0.673. The van der Waals surface area contributed by atoms with E-state index in [9.17, 15) is 0 Å². The Bertz CT molecular complexity index is 953. The van der Waals surface area contributed by atoms with Crippen LogP contribution in [-0.2, 0) is 0 Å². The number of anilines is 4. The Morgan fingerprint density at radius 1 is 1.00 bits per heavy atom. The number of rotatable bonds is 4. The Hall–Kier alpha value is -2.79. The second-order valence-corrected chi connectivity index (χ2v) is 7.16. The summed E-state index contributed by atoms with van der Waals surface area (Å²) in [5.74, 6) is 2.48. The Morgan fingerprint density at radius 2 is 1.77 bits per heavy atom. The molecule has 0 saturated heterocycles. The number of hydrogen-bond acceptors (Lipinski definition) is 5. The molecule has 0 saturated carbocycles. The molecule has 0 unspecified atom stereocenters. The van der Waals surface area contributed by atoms with Gasteiger partial charge in [0.25, 0.3) is 0 Å². The second-order valence-electron chi connectivity index (χ2n) is 6.13. The molecule has 4 rings (SSSR count). The van der Waals surface area contributed by atoms with Gasteiger partial charge in [-0.1, -0.05) is 42.5 Å². The first kappa shape index (κ1) is 16.7. The molecule has 0 radical (unpaired) electrons. The van der Waals surface area contributed by atoms with Crippen LogP contribution in [-0.4, -0.2) is 22.8 Å². The summed E-state index contributed by atoms with van der Waals surface area (Å²) < 4.78 is 0. The first-order valence-electron chi connectivity index (χ1n) is 8.55. The van der Waals surface area contributed by atoms with E-state index in [4.69, 9.17) is 9.97 Å². The summed E-state index contributed by atoms with van der Waals surface area (Å²) in [6.45, 7) is 2.08. The van der Waals surface area contributed by atoms with E-state index in [1.54, 1.807) is 11.8 Å². The van der Waals surface area contributed by atoms with E-state index in [-0.39, 0.29) is 0 Å². The zero-order valence-electron chi connectivity index (χ0n) is 14.8. The number of aryl methyl sites for hydroxylation is 1. The molecule has 3 aromatic rings. The summed E-state index contributed by atoms with van der Waals surface area (Å²) in [6, 6.07) is 18.4. The van der Waals surface area contributed by atoms with Crippen molar-refractivity contribution in [3.63, 3.8) is 0 Å². The lowest BCUT2D eigenvalue weighted by atomic mass is 10.2. The van der Waals surface area contributed by atoms with Gasteiger partial charge < -0.3 is 10.2 Å². The molecule has 130 valence electrons. The smallest absolute Gasteiger partial charge is 0.229 e. The van der Waals surface area contributed by atoms with Crippen LogP contribution >= 0.6 is 11.8 Å². The van der Waals surface area contributed by atoms with Crippen molar-refractivity contribution in [3.05, 3.63) is 71.9 Å². The van der Waals surface area contributed by atoms with Gasteiger partial charge in [0.05, 0.1) is 10.6 Å². The van der Waals surface area contributed by atoms with E-state index in [0.29, 0.717) is 5.95 Å². The lowest BCUT2D eigenvalue weighted by Crippen LogP contribution is -2.15. The zero-order valence-corrected chi connectivity index (χ0v) is 15.6. The van der Waals surface area contributed by atoms with Gasteiger partial charge in [-0.05, 0) is 36.8 Å². The van der Waals surface area contributed by atoms with Crippen LogP contribution in [0.15, 0.2) is 65.6 Å². The number of hydrogen-bond donors (Lipinski definition) is 1. The second kappa shape index (κ2) is 7.22. The van der Waals surface area contributed by atoms with Crippen LogP contribution in [0.4, 0.5) is 23.1 Å². The number of benzene rings is 2. The molecule has 1 aliphatic heterocycles. The first-order chi connectivity index (χ1) is 12.7. The molecule has 0 atom stereocenters. The molecule has 5 heteroatoms. The number of fused-ring (bicyclic) bond motifs is 1. The third-order valence-corrected chi connectivity index (χ3v) is 5.37. The van der Waals surface area contributed by atoms with E-state index in [2.05, 4.69) is 47.5 Å². The largest absolute Gasteiger partial charge is 0.328 e. The van der Waals surface area contributed by atoms with Crippen LogP contribution in [0, 0.1) is 6.92 Å². The predicted octanol–water partition coefficient (Wildman–Crippen LogP) is 5.42. The molecule has 4 nitrogen and oxygen atoms in total. The fourth-order valence-corrected chi connectivity index (χ4v) is 3.82. The van der Waals surface area contributed by atoms with Crippen molar-refractivity contribution in [3.8, 4) is 0 Å². The first-order valence-corrected chi connectivity index (χ1v) is 9.54.